The molecule has 0 heterocycles. The lowest BCUT2D eigenvalue weighted by Gasteiger charge is -2.19. The third-order valence-electron chi connectivity index (χ3n) is 3.93. The van der Waals surface area contributed by atoms with Crippen molar-refractivity contribution in [3.63, 3.8) is 0 Å². The molecule has 2 N–H and O–H groups in total. The predicted octanol–water partition coefficient (Wildman–Crippen LogP) is 2.70. The fraction of sp³-hybridized carbons (Fsp3) is 0.238. The van der Waals surface area contributed by atoms with E-state index in [1.807, 2.05) is 12.1 Å². The summed E-state index contributed by atoms with van der Waals surface area (Å²) < 4.78 is 5.21. The Kier molecular flexibility index (Phi) is 7.28. The molecule has 0 fully saturated rings. The highest BCUT2D eigenvalue weighted by Gasteiger charge is 2.23. The van der Waals surface area contributed by atoms with Crippen LogP contribution in [0.2, 0.25) is 0 Å². The van der Waals surface area contributed by atoms with E-state index in [-0.39, 0.29) is 12.3 Å². The van der Waals surface area contributed by atoms with E-state index in [1.165, 1.54) is 13.8 Å². The SMILES string of the molecule is CC(=O)N[C@@H](CC(=O)O[C@@H](C)C(=O)Nc1ccccc1C#N)c1ccccc1. The number of amides is 2. The van der Waals surface area contributed by atoms with Crippen LogP contribution < -0.4 is 10.6 Å². The number of nitriles is 1. The molecule has 28 heavy (non-hydrogen) atoms. The second-order valence-electron chi connectivity index (χ2n) is 6.15. The van der Waals surface area contributed by atoms with E-state index in [0.29, 0.717) is 11.3 Å². The number of rotatable bonds is 7. The largest absolute Gasteiger partial charge is 0.452 e. The Morgan fingerprint density at radius 1 is 1.07 bits per heavy atom. The topological polar surface area (TPSA) is 108 Å². The highest BCUT2D eigenvalue weighted by Crippen LogP contribution is 2.18. The number of anilines is 1. The number of esters is 1. The van der Waals surface area contributed by atoms with Crippen LogP contribution in [0.15, 0.2) is 54.6 Å². The molecule has 2 amide bonds. The zero-order valence-electron chi connectivity index (χ0n) is 15.6. The number of nitrogens with one attached hydrogen (secondary N) is 2. The van der Waals surface area contributed by atoms with Crippen molar-refractivity contribution in [2.24, 2.45) is 0 Å². The molecule has 0 aliphatic rings. The van der Waals surface area contributed by atoms with Gasteiger partial charge in [0, 0.05) is 6.92 Å². The highest BCUT2D eigenvalue weighted by molar-refractivity contribution is 5.96. The summed E-state index contributed by atoms with van der Waals surface area (Å²) in [5, 5.41) is 14.4. The first-order chi connectivity index (χ1) is 13.4. The number of hydrogen-bond donors (Lipinski definition) is 2. The maximum Gasteiger partial charge on any atom is 0.309 e. The smallest absolute Gasteiger partial charge is 0.309 e. The molecule has 2 atom stereocenters. The molecule has 0 unspecified atom stereocenters. The number of benzene rings is 2. The number of para-hydroxylation sites is 1. The minimum absolute atomic E-state index is 0.115. The summed E-state index contributed by atoms with van der Waals surface area (Å²) in [7, 11) is 0. The van der Waals surface area contributed by atoms with Gasteiger partial charge in [-0.3, -0.25) is 14.4 Å². The lowest BCUT2D eigenvalue weighted by atomic mass is 10.0. The molecule has 2 aromatic rings. The quantitative estimate of drug-likeness (QED) is 0.719. The molecule has 0 saturated carbocycles. The van der Waals surface area contributed by atoms with Gasteiger partial charge in [-0.25, -0.2) is 0 Å². The van der Waals surface area contributed by atoms with Gasteiger partial charge in [-0.2, -0.15) is 5.26 Å². The summed E-state index contributed by atoms with van der Waals surface area (Å²) in [4.78, 5) is 36.0. The normalized spacial score (nSPS) is 12.2. The number of hydrogen-bond acceptors (Lipinski definition) is 5. The van der Waals surface area contributed by atoms with Crippen molar-refractivity contribution in [2.45, 2.75) is 32.4 Å². The molecule has 0 radical (unpaired) electrons. The van der Waals surface area contributed by atoms with Crippen molar-refractivity contribution in [2.75, 3.05) is 5.32 Å². The third-order valence-corrected chi connectivity index (χ3v) is 3.93. The van der Waals surface area contributed by atoms with Crippen LogP contribution in [0.25, 0.3) is 0 Å². The lowest BCUT2D eigenvalue weighted by Crippen LogP contribution is -2.33. The number of carbonyl (C=O) groups is 3. The van der Waals surface area contributed by atoms with Gasteiger partial charge >= 0.3 is 5.97 Å². The van der Waals surface area contributed by atoms with Gasteiger partial charge in [0.1, 0.15) is 6.07 Å². The molecule has 144 valence electrons. The van der Waals surface area contributed by atoms with Crippen LogP contribution in [0.3, 0.4) is 0 Å². The van der Waals surface area contributed by atoms with E-state index >= 15 is 0 Å². The summed E-state index contributed by atoms with van der Waals surface area (Å²) in [6.07, 6.45) is -1.18. The van der Waals surface area contributed by atoms with Gasteiger partial charge in [-0.05, 0) is 24.6 Å². The molecular weight excluding hydrogens is 358 g/mol. The zero-order valence-corrected chi connectivity index (χ0v) is 15.6. The zero-order chi connectivity index (χ0) is 20.5. The van der Waals surface area contributed by atoms with E-state index in [1.54, 1.807) is 48.5 Å². The van der Waals surface area contributed by atoms with E-state index in [4.69, 9.17) is 10.00 Å². The average Bonchev–Trinajstić information content (AvgIpc) is 2.68. The second-order valence-corrected chi connectivity index (χ2v) is 6.15. The average molecular weight is 379 g/mol. The van der Waals surface area contributed by atoms with Crippen LogP contribution in [0.4, 0.5) is 5.69 Å². The van der Waals surface area contributed by atoms with Gasteiger partial charge in [-0.15, -0.1) is 0 Å². The molecule has 2 aromatic carbocycles. The predicted molar refractivity (Wildman–Crippen MR) is 103 cm³/mol. The Hall–Kier alpha value is -3.66. The van der Waals surface area contributed by atoms with Crippen LogP contribution in [0, 0.1) is 11.3 Å². The lowest BCUT2D eigenvalue weighted by molar-refractivity contribution is -0.153. The first-order valence-corrected chi connectivity index (χ1v) is 8.72. The number of nitrogens with zero attached hydrogens (tertiary/aromatic N) is 1. The van der Waals surface area contributed by atoms with E-state index in [2.05, 4.69) is 10.6 Å². The monoisotopic (exact) mass is 379 g/mol. The van der Waals surface area contributed by atoms with Gasteiger partial charge in [0.15, 0.2) is 6.10 Å². The Morgan fingerprint density at radius 3 is 2.36 bits per heavy atom. The van der Waals surface area contributed by atoms with Crippen molar-refractivity contribution < 1.29 is 19.1 Å². The van der Waals surface area contributed by atoms with Gasteiger partial charge in [0.25, 0.3) is 5.91 Å². The van der Waals surface area contributed by atoms with Crippen LogP contribution in [-0.2, 0) is 19.1 Å². The van der Waals surface area contributed by atoms with Crippen LogP contribution in [0.5, 0.6) is 0 Å². The fourth-order valence-electron chi connectivity index (χ4n) is 2.57. The Labute approximate surface area is 163 Å². The van der Waals surface area contributed by atoms with E-state index < -0.39 is 24.0 Å². The molecule has 7 heteroatoms. The minimum atomic E-state index is -1.06. The molecule has 0 aliphatic carbocycles. The standard InChI is InChI=1S/C21H21N3O4/c1-14(21(27)24-18-11-7-6-10-17(18)13-22)28-20(26)12-19(23-15(2)25)16-8-4-3-5-9-16/h3-11,14,19H,12H2,1-2H3,(H,23,25)(H,24,27)/t14-,19-/m0/s1. The van der Waals surface area contributed by atoms with Crippen molar-refractivity contribution in [1.82, 2.24) is 5.32 Å². The molecule has 0 aromatic heterocycles. The Balaban J connectivity index is 1.99. The third kappa shape index (κ3) is 5.95. The van der Waals surface area contributed by atoms with Gasteiger partial charge in [-0.1, -0.05) is 42.5 Å². The van der Waals surface area contributed by atoms with Crippen LogP contribution in [-0.4, -0.2) is 23.9 Å². The van der Waals surface area contributed by atoms with Crippen LogP contribution >= 0.6 is 0 Å². The van der Waals surface area contributed by atoms with Crippen molar-refractivity contribution >= 4 is 23.5 Å². The van der Waals surface area contributed by atoms with Crippen LogP contribution in [0.1, 0.15) is 37.4 Å². The van der Waals surface area contributed by atoms with E-state index in [0.717, 1.165) is 5.56 Å². The van der Waals surface area contributed by atoms with Crippen molar-refractivity contribution in [3.05, 3.63) is 65.7 Å². The molecule has 7 nitrogen and oxygen atoms in total. The summed E-state index contributed by atoms with van der Waals surface area (Å²) in [5.41, 5.74) is 1.41. The van der Waals surface area contributed by atoms with Gasteiger partial charge in [0.2, 0.25) is 5.91 Å². The van der Waals surface area contributed by atoms with Gasteiger partial charge in [0.05, 0.1) is 23.7 Å². The molecule has 2 rings (SSSR count). The summed E-state index contributed by atoms with van der Waals surface area (Å²) in [6, 6.07) is 17.0. The summed E-state index contributed by atoms with van der Waals surface area (Å²) in [5.74, 6) is -1.45. The minimum Gasteiger partial charge on any atom is -0.452 e. The molecule has 0 bridgehead atoms. The summed E-state index contributed by atoms with van der Waals surface area (Å²) >= 11 is 0. The summed E-state index contributed by atoms with van der Waals surface area (Å²) in [6.45, 7) is 2.81. The highest BCUT2D eigenvalue weighted by atomic mass is 16.5. The second kappa shape index (κ2) is 9.88. The molecular formula is C21H21N3O4. The van der Waals surface area contributed by atoms with Crippen molar-refractivity contribution in [1.29, 1.82) is 5.26 Å². The van der Waals surface area contributed by atoms with E-state index in [9.17, 15) is 14.4 Å². The Morgan fingerprint density at radius 2 is 1.71 bits per heavy atom. The molecule has 0 saturated heterocycles. The number of carbonyl (C=O) groups excluding carboxylic acids is 3. The Bertz CT molecular complexity index is 890. The first kappa shape index (κ1) is 20.6. The first-order valence-electron chi connectivity index (χ1n) is 8.72. The maximum absolute atomic E-state index is 12.3. The molecule has 0 aliphatic heterocycles. The van der Waals surface area contributed by atoms with Crippen molar-refractivity contribution in [3.8, 4) is 6.07 Å². The maximum atomic E-state index is 12.3. The number of ether oxygens (including phenoxy) is 1. The molecule has 0 spiro atoms. The van der Waals surface area contributed by atoms with Gasteiger partial charge < -0.3 is 15.4 Å². The fourth-order valence-corrected chi connectivity index (χ4v) is 2.57.